The first kappa shape index (κ1) is 13.3. The molecule has 0 amide bonds. The number of aryl methyl sites for hydroxylation is 1. The van der Waals surface area contributed by atoms with E-state index in [4.69, 9.17) is 10.5 Å². The predicted molar refractivity (Wildman–Crippen MR) is 72.5 cm³/mol. The standard InChI is InChI=1S/C14H22N2O2/c1-18-9-7-16(6-8-17)14-5-2-11-10-12(15)3-4-13(11)14/h3-4,10,14,17H,2,5-9,15H2,1H3. The van der Waals surface area contributed by atoms with Crippen LogP contribution in [0.4, 0.5) is 5.69 Å². The van der Waals surface area contributed by atoms with Crippen molar-refractivity contribution in [3.8, 4) is 0 Å². The summed E-state index contributed by atoms with van der Waals surface area (Å²) in [5.41, 5.74) is 9.35. The predicted octanol–water partition coefficient (Wildman–Crippen LogP) is 1.20. The van der Waals surface area contributed by atoms with E-state index in [-0.39, 0.29) is 6.61 Å². The zero-order valence-corrected chi connectivity index (χ0v) is 10.9. The first-order valence-electron chi connectivity index (χ1n) is 6.48. The van der Waals surface area contributed by atoms with E-state index in [9.17, 15) is 5.11 Å². The lowest BCUT2D eigenvalue weighted by Crippen LogP contribution is -2.33. The number of aliphatic hydroxyl groups is 1. The van der Waals surface area contributed by atoms with Gasteiger partial charge in [0.2, 0.25) is 0 Å². The number of rotatable bonds is 6. The highest BCUT2D eigenvalue weighted by Crippen LogP contribution is 2.36. The van der Waals surface area contributed by atoms with E-state index in [1.165, 1.54) is 11.1 Å². The van der Waals surface area contributed by atoms with E-state index in [2.05, 4.69) is 17.0 Å². The van der Waals surface area contributed by atoms with Gasteiger partial charge < -0.3 is 15.6 Å². The third-order valence-corrected chi connectivity index (χ3v) is 3.62. The Balaban J connectivity index is 2.13. The van der Waals surface area contributed by atoms with Crippen LogP contribution in [0.15, 0.2) is 18.2 Å². The van der Waals surface area contributed by atoms with Crippen LogP contribution in [-0.2, 0) is 11.2 Å². The molecule has 0 saturated heterocycles. The lowest BCUT2D eigenvalue weighted by Gasteiger charge is -2.28. The second-order valence-electron chi connectivity index (χ2n) is 4.77. The zero-order valence-electron chi connectivity index (χ0n) is 10.9. The van der Waals surface area contributed by atoms with Crippen molar-refractivity contribution in [1.82, 2.24) is 4.90 Å². The number of nitrogen functional groups attached to an aromatic ring is 1. The fraction of sp³-hybridized carbons (Fsp3) is 0.571. The van der Waals surface area contributed by atoms with Crippen LogP contribution < -0.4 is 5.73 Å². The summed E-state index contributed by atoms with van der Waals surface area (Å²) in [6, 6.07) is 6.55. The Bertz CT molecular complexity index is 395. The van der Waals surface area contributed by atoms with Crippen LogP contribution in [0.3, 0.4) is 0 Å². The first-order chi connectivity index (χ1) is 8.76. The lowest BCUT2D eigenvalue weighted by molar-refractivity contribution is 0.101. The van der Waals surface area contributed by atoms with E-state index in [0.29, 0.717) is 19.2 Å². The maximum absolute atomic E-state index is 9.19. The monoisotopic (exact) mass is 250 g/mol. The molecule has 2 rings (SSSR count). The number of hydrogen-bond acceptors (Lipinski definition) is 4. The van der Waals surface area contributed by atoms with Gasteiger partial charge in [0.25, 0.3) is 0 Å². The summed E-state index contributed by atoms with van der Waals surface area (Å²) in [6.07, 6.45) is 2.17. The summed E-state index contributed by atoms with van der Waals surface area (Å²) < 4.78 is 5.14. The SMILES string of the molecule is COCCN(CCO)C1CCc2cc(N)ccc21. The van der Waals surface area contributed by atoms with Crippen molar-refractivity contribution in [2.24, 2.45) is 0 Å². The molecular weight excluding hydrogens is 228 g/mol. The number of nitrogens with zero attached hydrogens (tertiary/aromatic N) is 1. The molecule has 0 aromatic heterocycles. The molecule has 3 N–H and O–H groups in total. The molecular formula is C14H22N2O2. The van der Waals surface area contributed by atoms with Crippen molar-refractivity contribution in [3.05, 3.63) is 29.3 Å². The topological polar surface area (TPSA) is 58.7 Å². The maximum Gasteiger partial charge on any atom is 0.0589 e. The number of hydrogen-bond donors (Lipinski definition) is 2. The summed E-state index contributed by atoms with van der Waals surface area (Å²) in [4.78, 5) is 2.30. The molecule has 0 spiro atoms. The minimum absolute atomic E-state index is 0.185. The molecule has 0 heterocycles. The fourth-order valence-corrected chi connectivity index (χ4v) is 2.75. The van der Waals surface area contributed by atoms with E-state index >= 15 is 0 Å². The van der Waals surface area contributed by atoms with Gasteiger partial charge in [-0.15, -0.1) is 0 Å². The molecule has 1 atom stereocenters. The minimum atomic E-state index is 0.185. The average Bonchev–Trinajstić information content (AvgIpc) is 2.77. The Morgan fingerprint density at radius 2 is 2.28 bits per heavy atom. The molecule has 0 saturated carbocycles. The van der Waals surface area contributed by atoms with Gasteiger partial charge in [-0.3, -0.25) is 4.90 Å². The van der Waals surface area contributed by atoms with Crippen LogP contribution in [0, 0.1) is 0 Å². The Morgan fingerprint density at radius 3 is 3.00 bits per heavy atom. The number of benzene rings is 1. The van der Waals surface area contributed by atoms with Crippen LogP contribution in [0.2, 0.25) is 0 Å². The number of aliphatic hydroxyl groups excluding tert-OH is 1. The normalized spacial score (nSPS) is 18.3. The summed E-state index contributed by atoms with van der Waals surface area (Å²) in [5.74, 6) is 0. The molecule has 4 heteroatoms. The highest BCUT2D eigenvalue weighted by Gasteiger charge is 2.27. The molecule has 0 aliphatic heterocycles. The highest BCUT2D eigenvalue weighted by molar-refractivity contribution is 5.47. The molecule has 0 radical (unpaired) electrons. The van der Waals surface area contributed by atoms with Gasteiger partial charge in [0.05, 0.1) is 13.2 Å². The largest absolute Gasteiger partial charge is 0.399 e. The molecule has 0 bridgehead atoms. The zero-order chi connectivity index (χ0) is 13.0. The van der Waals surface area contributed by atoms with Crippen LogP contribution in [0.5, 0.6) is 0 Å². The lowest BCUT2D eigenvalue weighted by atomic mass is 10.1. The van der Waals surface area contributed by atoms with Crippen LogP contribution in [0.1, 0.15) is 23.6 Å². The molecule has 18 heavy (non-hydrogen) atoms. The number of methoxy groups -OCH3 is 1. The van der Waals surface area contributed by atoms with Crippen molar-refractivity contribution in [1.29, 1.82) is 0 Å². The third kappa shape index (κ3) is 2.83. The number of nitrogens with two attached hydrogens (primary N) is 1. The minimum Gasteiger partial charge on any atom is -0.399 e. The molecule has 100 valence electrons. The molecule has 4 nitrogen and oxygen atoms in total. The van der Waals surface area contributed by atoms with Crippen LogP contribution >= 0.6 is 0 Å². The molecule has 1 aromatic carbocycles. The van der Waals surface area contributed by atoms with Crippen molar-refractivity contribution in [3.63, 3.8) is 0 Å². The Hall–Kier alpha value is -1.10. The number of ether oxygens (including phenoxy) is 1. The molecule has 1 aromatic rings. The van der Waals surface area contributed by atoms with Gasteiger partial charge in [-0.2, -0.15) is 0 Å². The number of anilines is 1. The Labute approximate surface area is 108 Å². The average molecular weight is 250 g/mol. The van der Waals surface area contributed by atoms with E-state index in [0.717, 1.165) is 25.1 Å². The van der Waals surface area contributed by atoms with E-state index in [1.807, 2.05) is 6.07 Å². The van der Waals surface area contributed by atoms with Gasteiger partial charge >= 0.3 is 0 Å². The van der Waals surface area contributed by atoms with E-state index < -0.39 is 0 Å². The highest BCUT2D eigenvalue weighted by atomic mass is 16.5. The van der Waals surface area contributed by atoms with Gasteiger partial charge in [-0.05, 0) is 36.1 Å². The second kappa shape index (κ2) is 6.18. The molecule has 0 fully saturated rings. The van der Waals surface area contributed by atoms with E-state index in [1.54, 1.807) is 7.11 Å². The van der Waals surface area contributed by atoms with Gasteiger partial charge in [0.1, 0.15) is 0 Å². The molecule has 1 aliphatic carbocycles. The quantitative estimate of drug-likeness (QED) is 0.745. The van der Waals surface area contributed by atoms with Crippen molar-refractivity contribution in [2.45, 2.75) is 18.9 Å². The summed E-state index contributed by atoms with van der Waals surface area (Å²) in [6.45, 7) is 2.43. The maximum atomic E-state index is 9.19. The van der Waals surface area contributed by atoms with Gasteiger partial charge in [-0.1, -0.05) is 6.07 Å². The fourth-order valence-electron chi connectivity index (χ4n) is 2.75. The van der Waals surface area contributed by atoms with Crippen molar-refractivity contribution >= 4 is 5.69 Å². The summed E-state index contributed by atoms with van der Waals surface area (Å²) in [7, 11) is 1.71. The van der Waals surface area contributed by atoms with Gasteiger partial charge in [-0.25, -0.2) is 0 Å². The van der Waals surface area contributed by atoms with Crippen LogP contribution in [0.25, 0.3) is 0 Å². The second-order valence-corrected chi connectivity index (χ2v) is 4.77. The third-order valence-electron chi connectivity index (χ3n) is 3.62. The first-order valence-corrected chi connectivity index (χ1v) is 6.48. The van der Waals surface area contributed by atoms with Gasteiger partial charge in [0.15, 0.2) is 0 Å². The molecule has 1 unspecified atom stereocenters. The molecule has 1 aliphatic rings. The Morgan fingerprint density at radius 1 is 1.44 bits per heavy atom. The van der Waals surface area contributed by atoms with Crippen molar-refractivity contribution in [2.75, 3.05) is 39.1 Å². The van der Waals surface area contributed by atoms with Crippen molar-refractivity contribution < 1.29 is 9.84 Å². The summed E-state index contributed by atoms with van der Waals surface area (Å²) in [5, 5.41) is 9.19. The van der Waals surface area contributed by atoms with Gasteiger partial charge in [0, 0.05) is 31.9 Å². The van der Waals surface area contributed by atoms with Crippen LogP contribution in [-0.4, -0.2) is 43.4 Å². The Kier molecular flexibility index (Phi) is 4.58. The number of fused-ring (bicyclic) bond motifs is 1. The smallest absolute Gasteiger partial charge is 0.0589 e. The summed E-state index contributed by atoms with van der Waals surface area (Å²) >= 11 is 0.